The summed E-state index contributed by atoms with van der Waals surface area (Å²) in [7, 11) is -2.34. The predicted molar refractivity (Wildman–Crippen MR) is 130 cm³/mol. The number of sulfone groups is 1. The summed E-state index contributed by atoms with van der Waals surface area (Å²) in [6.07, 6.45) is -2.35. The molecule has 3 aromatic heterocycles. The monoisotopic (exact) mass is 571 g/mol. The molecule has 39 heavy (non-hydrogen) atoms. The molecule has 210 valence electrons. The smallest absolute Gasteiger partial charge is 0.330 e. The number of pyridine rings is 1. The van der Waals surface area contributed by atoms with Crippen molar-refractivity contribution >= 4 is 21.4 Å². The van der Waals surface area contributed by atoms with E-state index in [1.807, 2.05) is 13.8 Å². The van der Waals surface area contributed by atoms with Gasteiger partial charge in [0.2, 0.25) is 11.9 Å². The lowest BCUT2D eigenvalue weighted by Gasteiger charge is -2.34. The van der Waals surface area contributed by atoms with Crippen molar-refractivity contribution in [2.75, 3.05) is 18.6 Å². The molecule has 1 unspecified atom stereocenters. The van der Waals surface area contributed by atoms with Gasteiger partial charge in [-0.25, -0.2) is 22.3 Å². The van der Waals surface area contributed by atoms with Crippen molar-refractivity contribution in [2.45, 2.75) is 56.7 Å². The first-order valence-electron chi connectivity index (χ1n) is 12.3. The highest BCUT2D eigenvalue weighted by Gasteiger charge is 2.48. The Morgan fingerprint density at radius 2 is 1.79 bits per heavy atom. The second-order valence-corrected chi connectivity index (χ2v) is 13.2. The van der Waals surface area contributed by atoms with Crippen molar-refractivity contribution in [2.24, 2.45) is 5.92 Å². The number of alkyl halides is 3. The Balaban J connectivity index is 1.48. The van der Waals surface area contributed by atoms with Gasteiger partial charge in [-0.2, -0.15) is 17.6 Å². The number of nitrogens with zero attached hydrogens (tertiary/aromatic N) is 5. The molecule has 14 heteroatoms. The van der Waals surface area contributed by atoms with Crippen LogP contribution in [0.1, 0.15) is 67.6 Å². The Hall–Kier alpha value is -3.16. The molecular weight excluding hydrogens is 545 g/mol. The molecule has 0 spiro atoms. The third kappa shape index (κ3) is 4.87. The SMILES string of the molecule is CN(C(=O)C1CCS(=O)(=O)CC1)[C@@H](c1cnc(C2CC(C)(C)c3c2cnc2cc(F)nn32)c(F)c1)C(F)(F)F. The summed E-state index contributed by atoms with van der Waals surface area (Å²) >= 11 is 0. The van der Waals surface area contributed by atoms with Gasteiger partial charge >= 0.3 is 6.18 Å². The molecule has 1 fully saturated rings. The molecule has 2 aliphatic rings. The number of fused-ring (bicyclic) bond motifs is 3. The molecule has 1 aliphatic carbocycles. The molecule has 1 aliphatic heterocycles. The van der Waals surface area contributed by atoms with Crippen LogP contribution in [0.5, 0.6) is 0 Å². The normalized spacial score (nSPS) is 21.6. The summed E-state index contributed by atoms with van der Waals surface area (Å²) in [5, 5.41) is 3.86. The maximum Gasteiger partial charge on any atom is 0.413 e. The van der Waals surface area contributed by atoms with Gasteiger partial charge in [0, 0.05) is 53.9 Å². The Morgan fingerprint density at radius 3 is 2.41 bits per heavy atom. The average Bonchev–Trinajstić information content (AvgIpc) is 3.33. The van der Waals surface area contributed by atoms with Crippen LogP contribution in [0.15, 0.2) is 24.5 Å². The molecule has 1 amide bonds. The fraction of sp³-hybridized carbons (Fsp3) is 0.520. The average molecular weight is 572 g/mol. The van der Waals surface area contributed by atoms with E-state index in [2.05, 4.69) is 15.1 Å². The maximum atomic E-state index is 15.5. The summed E-state index contributed by atoms with van der Waals surface area (Å²) in [6, 6.07) is -0.570. The van der Waals surface area contributed by atoms with Gasteiger partial charge in [-0.3, -0.25) is 9.78 Å². The second kappa shape index (κ2) is 9.20. The molecule has 0 bridgehead atoms. The highest BCUT2D eigenvalue weighted by Crippen LogP contribution is 2.49. The van der Waals surface area contributed by atoms with Crippen molar-refractivity contribution in [1.82, 2.24) is 24.5 Å². The molecule has 4 heterocycles. The van der Waals surface area contributed by atoms with Gasteiger partial charge in [0.1, 0.15) is 15.7 Å². The van der Waals surface area contributed by atoms with Gasteiger partial charge in [-0.15, -0.1) is 5.10 Å². The van der Waals surface area contributed by atoms with Gasteiger partial charge in [0.25, 0.3) is 0 Å². The minimum Gasteiger partial charge on any atom is -0.330 e. The fourth-order valence-electron chi connectivity index (χ4n) is 5.87. The lowest BCUT2D eigenvalue weighted by Crippen LogP contribution is -2.44. The standard InChI is InChI=1S/C25H26F5N5O3S/c1-24(2)10-15(16-12-31-19-9-18(27)33-35(19)22(16)24)20-17(26)8-14(11-32-20)21(25(28,29)30)34(3)23(36)13-4-6-39(37,38)7-5-13/h8-9,11-13,15,21H,4-7,10H2,1-3H3/t15?,21-/m0/s1. The Morgan fingerprint density at radius 1 is 1.13 bits per heavy atom. The zero-order valence-corrected chi connectivity index (χ0v) is 22.2. The molecule has 3 aromatic rings. The van der Waals surface area contributed by atoms with E-state index in [0.717, 1.165) is 19.3 Å². The highest BCUT2D eigenvalue weighted by atomic mass is 32.2. The Bertz CT molecular complexity index is 1560. The van der Waals surface area contributed by atoms with E-state index in [1.165, 1.54) is 16.8 Å². The van der Waals surface area contributed by atoms with Crippen LogP contribution in [0.25, 0.3) is 5.65 Å². The number of amides is 1. The van der Waals surface area contributed by atoms with Crippen LogP contribution in [0.3, 0.4) is 0 Å². The molecule has 0 radical (unpaired) electrons. The van der Waals surface area contributed by atoms with Crippen molar-refractivity contribution in [3.05, 3.63) is 58.8 Å². The van der Waals surface area contributed by atoms with Gasteiger partial charge < -0.3 is 4.90 Å². The fourth-order valence-corrected chi connectivity index (χ4v) is 7.36. The Kier molecular flexibility index (Phi) is 6.47. The first kappa shape index (κ1) is 27.4. The molecule has 5 rings (SSSR count). The predicted octanol–water partition coefficient (Wildman–Crippen LogP) is 4.10. The molecular formula is C25H26F5N5O3S. The van der Waals surface area contributed by atoms with Crippen LogP contribution in [-0.4, -0.2) is 63.5 Å². The quantitative estimate of drug-likeness (QED) is 0.438. The van der Waals surface area contributed by atoms with Crippen LogP contribution in [-0.2, 0) is 20.0 Å². The van der Waals surface area contributed by atoms with Crippen molar-refractivity contribution in [1.29, 1.82) is 0 Å². The topological polar surface area (TPSA) is 97.5 Å². The molecule has 2 atom stereocenters. The lowest BCUT2D eigenvalue weighted by atomic mass is 9.87. The van der Waals surface area contributed by atoms with E-state index in [0.29, 0.717) is 22.6 Å². The summed E-state index contributed by atoms with van der Waals surface area (Å²) in [5.41, 5.74) is 0.192. The highest BCUT2D eigenvalue weighted by molar-refractivity contribution is 7.91. The van der Waals surface area contributed by atoms with E-state index in [9.17, 15) is 30.8 Å². The first-order chi connectivity index (χ1) is 18.1. The number of hydrogen-bond acceptors (Lipinski definition) is 6. The number of rotatable bonds is 4. The summed E-state index contributed by atoms with van der Waals surface area (Å²) in [5.74, 6) is -4.66. The lowest BCUT2D eigenvalue weighted by molar-refractivity contribution is -0.190. The van der Waals surface area contributed by atoms with Crippen molar-refractivity contribution in [3.8, 4) is 0 Å². The van der Waals surface area contributed by atoms with E-state index in [4.69, 9.17) is 0 Å². The molecule has 1 saturated heterocycles. The zero-order valence-electron chi connectivity index (χ0n) is 21.3. The first-order valence-corrected chi connectivity index (χ1v) is 14.1. The maximum absolute atomic E-state index is 15.5. The van der Waals surface area contributed by atoms with E-state index in [-0.39, 0.29) is 35.7 Å². The number of halogens is 5. The van der Waals surface area contributed by atoms with Gasteiger partial charge in [-0.05, 0) is 25.3 Å². The summed E-state index contributed by atoms with van der Waals surface area (Å²) in [6.45, 7) is 3.74. The van der Waals surface area contributed by atoms with Crippen LogP contribution >= 0.6 is 0 Å². The number of aromatic nitrogens is 4. The van der Waals surface area contributed by atoms with Crippen molar-refractivity contribution in [3.63, 3.8) is 0 Å². The molecule has 0 aromatic carbocycles. The molecule has 0 N–H and O–H groups in total. The van der Waals surface area contributed by atoms with Crippen LogP contribution in [0, 0.1) is 17.7 Å². The van der Waals surface area contributed by atoms with Crippen molar-refractivity contribution < 1.29 is 35.2 Å². The van der Waals surface area contributed by atoms with Gasteiger partial charge in [0.05, 0.1) is 22.9 Å². The van der Waals surface area contributed by atoms with Gasteiger partial charge in [-0.1, -0.05) is 13.8 Å². The van der Waals surface area contributed by atoms with Crippen LogP contribution in [0.2, 0.25) is 0 Å². The van der Waals surface area contributed by atoms with E-state index < -0.39 is 62.5 Å². The van der Waals surface area contributed by atoms with E-state index >= 15 is 4.39 Å². The van der Waals surface area contributed by atoms with Gasteiger partial charge in [0.15, 0.2) is 11.7 Å². The third-order valence-electron chi connectivity index (χ3n) is 7.70. The number of hydrogen-bond donors (Lipinski definition) is 0. The summed E-state index contributed by atoms with van der Waals surface area (Å²) in [4.78, 5) is 21.7. The molecule has 0 saturated carbocycles. The summed E-state index contributed by atoms with van der Waals surface area (Å²) < 4.78 is 96.7. The Labute approximate surface area is 221 Å². The molecule has 8 nitrogen and oxygen atoms in total. The van der Waals surface area contributed by atoms with Crippen LogP contribution < -0.4 is 0 Å². The number of carbonyl (C=O) groups excluding carboxylic acids is 1. The number of carbonyl (C=O) groups is 1. The second-order valence-electron chi connectivity index (χ2n) is 10.9. The van der Waals surface area contributed by atoms with Crippen LogP contribution in [0.4, 0.5) is 22.0 Å². The minimum atomic E-state index is -4.94. The largest absolute Gasteiger partial charge is 0.413 e. The zero-order chi connectivity index (χ0) is 28.5. The van der Waals surface area contributed by atoms with E-state index in [1.54, 1.807) is 0 Å². The third-order valence-corrected chi connectivity index (χ3v) is 9.41. The minimum absolute atomic E-state index is 0.0695.